The zero-order chi connectivity index (χ0) is 18.6. The van der Waals surface area contributed by atoms with E-state index in [0.717, 1.165) is 47.3 Å². The summed E-state index contributed by atoms with van der Waals surface area (Å²) in [7, 11) is 0. The molecule has 0 saturated carbocycles. The summed E-state index contributed by atoms with van der Waals surface area (Å²) in [6.45, 7) is 11.1. The number of allylic oxidation sites excluding steroid dienone is 2. The SMILES string of the molecule is CCCCOC1=C(c2c(C)cc(C)cc2C)C(=O)CC(C(C)CO)C1. The Labute approximate surface area is 152 Å². The first-order valence-corrected chi connectivity index (χ1v) is 9.47. The van der Waals surface area contributed by atoms with Gasteiger partial charge in [0.15, 0.2) is 5.78 Å². The van der Waals surface area contributed by atoms with Crippen LogP contribution in [0.2, 0.25) is 0 Å². The van der Waals surface area contributed by atoms with Crippen molar-refractivity contribution in [3.8, 4) is 0 Å². The number of unbranched alkanes of at least 4 members (excludes halogenated alkanes) is 1. The molecule has 0 fully saturated rings. The molecular formula is C22H32O3. The van der Waals surface area contributed by atoms with Gasteiger partial charge < -0.3 is 9.84 Å². The van der Waals surface area contributed by atoms with Gasteiger partial charge in [0.05, 0.1) is 12.2 Å². The standard InChI is InChI=1S/C22H32O3/c1-6-7-8-25-20-12-18(17(5)13-23)11-19(24)22(20)21-15(3)9-14(2)10-16(21)4/h9-10,17-18,23H,6-8,11-13H2,1-5H3. The maximum absolute atomic E-state index is 13.0. The number of ether oxygens (including phenoxy) is 1. The molecule has 0 bridgehead atoms. The molecule has 1 N–H and O–H groups in total. The minimum Gasteiger partial charge on any atom is -0.497 e. The van der Waals surface area contributed by atoms with Gasteiger partial charge in [-0.2, -0.15) is 0 Å². The van der Waals surface area contributed by atoms with E-state index in [-0.39, 0.29) is 24.2 Å². The molecule has 0 saturated heterocycles. The molecule has 0 spiro atoms. The molecule has 1 aromatic rings. The molecule has 0 aromatic heterocycles. The Morgan fingerprint density at radius 3 is 2.40 bits per heavy atom. The van der Waals surface area contributed by atoms with E-state index in [4.69, 9.17) is 4.74 Å². The summed E-state index contributed by atoms with van der Waals surface area (Å²) in [6, 6.07) is 4.27. The fourth-order valence-corrected chi connectivity index (χ4v) is 3.78. The van der Waals surface area contributed by atoms with E-state index in [1.54, 1.807) is 0 Å². The molecule has 0 heterocycles. The summed E-state index contributed by atoms with van der Waals surface area (Å²) in [5, 5.41) is 9.51. The van der Waals surface area contributed by atoms with Crippen LogP contribution in [0.1, 0.15) is 61.8 Å². The zero-order valence-electron chi connectivity index (χ0n) is 16.3. The first kappa shape index (κ1) is 19.7. The summed E-state index contributed by atoms with van der Waals surface area (Å²) in [6.07, 6.45) is 3.27. The van der Waals surface area contributed by atoms with Gasteiger partial charge in [0.2, 0.25) is 0 Å². The quantitative estimate of drug-likeness (QED) is 0.726. The number of rotatable bonds is 7. The van der Waals surface area contributed by atoms with Crippen LogP contribution in [-0.2, 0) is 9.53 Å². The Bertz CT molecular complexity index is 634. The number of Topliss-reactive ketones (excluding diaryl/α,β-unsaturated/α-hetero) is 1. The van der Waals surface area contributed by atoms with Crippen LogP contribution in [0.25, 0.3) is 5.57 Å². The van der Waals surface area contributed by atoms with E-state index < -0.39 is 0 Å². The Kier molecular flexibility index (Phi) is 6.83. The minimum absolute atomic E-state index is 0.107. The number of hydrogen-bond acceptors (Lipinski definition) is 3. The van der Waals surface area contributed by atoms with Gasteiger partial charge in [0.25, 0.3) is 0 Å². The van der Waals surface area contributed by atoms with Crippen molar-refractivity contribution in [3.05, 3.63) is 40.1 Å². The fourth-order valence-electron chi connectivity index (χ4n) is 3.78. The van der Waals surface area contributed by atoms with E-state index >= 15 is 0 Å². The summed E-state index contributed by atoms with van der Waals surface area (Å²) >= 11 is 0. The number of ketones is 1. The molecule has 0 aliphatic heterocycles. The summed E-state index contributed by atoms with van der Waals surface area (Å²) in [4.78, 5) is 13.0. The lowest BCUT2D eigenvalue weighted by Crippen LogP contribution is -2.27. The first-order chi connectivity index (χ1) is 11.9. The Hall–Kier alpha value is -1.61. The number of hydrogen-bond donors (Lipinski definition) is 1. The zero-order valence-corrected chi connectivity index (χ0v) is 16.3. The molecule has 138 valence electrons. The number of benzene rings is 1. The summed E-state index contributed by atoms with van der Waals surface area (Å²) in [5.41, 5.74) is 5.28. The van der Waals surface area contributed by atoms with Crippen LogP contribution in [-0.4, -0.2) is 24.1 Å². The molecule has 2 atom stereocenters. The number of aliphatic hydroxyl groups excluding tert-OH is 1. The highest BCUT2D eigenvalue weighted by Gasteiger charge is 2.33. The van der Waals surface area contributed by atoms with Crippen molar-refractivity contribution in [2.75, 3.05) is 13.2 Å². The molecule has 0 amide bonds. The highest BCUT2D eigenvalue weighted by Crippen LogP contribution is 2.39. The maximum Gasteiger partial charge on any atom is 0.167 e. The van der Waals surface area contributed by atoms with Gasteiger partial charge in [-0.3, -0.25) is 4.79 Å². The van der Waals surface area contributed by atoms with Crippen molar-refractivity contribution in [1.82, 2.24) is 0 Å². The third kappa shape index (κ3) is 4.52. The maximum atomic E-state index is 13.0. The molecule has 2 unspecified atom stereocenters. The Morgan fingerprint density at radius 2 is 1.84 bits per heavy atom. The lowest BCUT2D eigenvalue weighted by molar-refractivity contribution is -0.115. The molecule has 1 aliphatic carbocycles. The lowest BCUT2D eigenvalue weighted by atomic mass is 9.77. The third-order valence-corrected chi connectivity index (χ3v) is 5.25. The van der Waals surface area contributed by atoms with Crippen molar-refractivity contribution in [2.24, 2.45) is 11.8 Å². The van der Waals surface area contributed by atoms with Crippen molar-refractivity contribution in [3.63, 3.8) is 0 Å². The highest BCUT2D eigenvalue weighted by molar-refractivity contribution is 6.22. The molecule has 3 heteroatoms. The topological polar surface area (TPSA) is 46.5 Å². The predicted molar refractivity (Wildman–Crippen MR) is 102 cm³/mol. The second kappa shape index (κ2) is 8.66. The van der Waals surface area contributed by atoms with Crippen LogP contribution in [0.3, 0.4) is 0 Å². The van der Waals surface area contributed by atoms with Gasteiger partial charge in [0.1, 0.15) is 5.76 Å². The second-order valence-electron chi connectivity index (χ2n) is 7.53. The van der Waals surface area contributed by atoms with Crippen molar-refractivity contribution in [1.29, 1.82) is 0 Å². The van der Waals surface area contributed by atoms with Crippen LogP contribution < -0.4 is 0 Å². The normalized spacial score (nSPS) is 19.3. The van der Waals surface area contributed by atoms with Crippen LogP contribution in [0, 0.1) is 32.6 Å². The van der Waals surface area contributed by atoms with E-state index in [0.29, 0.717) is 13.0 Å². The van der Waals surface area contributed by atoms with Crippen molar-refractivity contribution < 1.29 is 14.6 Å². The van der Waals surface area contributed by atoms with Gasteiger partial charge in [0, 0.05) is 19.4 Å². The van der Waals surface area contributed by atoms with Crippen LogP contribution >= 0.6 is 0 Å². The van der Waals surface area contributed by atoms with E-state index in [9.17, 15) is 9.90 Å². The number of carbonyl (C=O) groups is 1. The number of aryl methyl sites for hydroxylation is 3. The molecule has 2 rings (SSSR count). The average Bonchev–Trinajstić information content (AvgIpc) is 2.55. The molecule has 25 heavy (non-hydrogen) atoms. The van der Waals surface area contributed by atoms with Crippen molar-refractivity contribution >= 4 is 11.4 Å². The van der Waals surface area contributed by atoms with E-state index in [1.807, 2.05) is 6.92 Å². The largest absolute Gasteiger partial charge is 0.497 e. The van der Waals surface area contributed by atoms with Crippen LogP contribution in [0.4, 0.5) is 0 Å². The molecular weight excluding hydrogens is 312 g/mol. The summed E-state index contributed by atoms with van der Waals surface area (Å²) in [5.74, 6) is 1.24. The molecule has 1 aliphatic rings. The Morgan fingerprint density at radius 1 is 1.20 bits per heavy atom. The smallest absolute Gasteiger partial charge is 0.167 e. The van der Waals surface area contributed by atoms with Gasteiger partial charge >= 0.3 is 0 Å². The highest BCUT2D eigenvalue weighted by atomic mass is 16.5. The van der Waals surface area contributed by atoms with E-state index in [1.165, 1.54) is 5.56 Å². The van der Waals surface area contributed by atoms with Crippen molar-refractivity contribution in [2.45, 2.75) is 60.3 Å². The lowest BCUT2D eigenvalue weighted by Gasteiger charge is -2.30. The number of carbonyl (C=O) groups excluding carboxylic acids is 1. The molecule has 1 aromatic carbocycles. The Balaban J connectivity index is 2.49. The second-order valence-corrected chi connectivity index (χ2v) is 7.53. The molecule has 3 nitrogen and oxygen atoms in total. The van der Waals surface area contributed by atoms with Crippen LogP contribution in [0.15, 0.2) is 17.9 Å². The van der Waals surface area contributed by atoms with Gasteiger partial charge in [-0.05, 0) is 55.7 Å². The molecule has 0 radical (unpaired) electrons. The van der Waals surface area contributed by atoms with Crippen LogP contribution in [0.5, 0.6) is 0 Å². The van der Waals surface area contributed by atoms with Gasteiger partial charge in [-0.25, -0.2) is 0 Å². The number of aliphatic hydroxyl groups is 1. The monoisotopic (exact) mass is 344 g/mol. The fraction of sp³-hybridized carbons (Fsp3) is 0.591. The van der Waals surface area contributed by atoms with Gasteiger partial charge in [-0.1, -0.05) is 38.0 Å². The predicted octanol–water partition coefficient (Wildman–Crippen LogP) is 4.75. The third-order valence-electron chi connectivity index (χ3n) is 5.25. The van der Waals surface area contributed by atoms with Gasteiger partial charge in [-0.15, -0.1) is 0 Å². The summed E-state index contributed by atoms with van der Waals surface area (Å²) < 4.78 is 6.10. The minimum atomic E-state index is 0.107. The first-order valence-electron chi connectivity index (χ1n) is 9.47. The average molecular weight is 344 g/mol. The van der Waals surface area contributed by atoms with E-state index in [2.05, 4.69) is 39.8 Å².